The number of nitrogens with zero attached hydrogens (tertiary/aromatic N) is 2. The number of aliphatic hydroxyl groups is 1. The highest BCUT2D eigenvalue weighted by Crippen LogP contribution is 2.24. The zero-order chi connectivity index (χ0) is 11.1. The third kappa shape index (κ3) is 1.84. The largest absolute Gasteiger partial charge is 0.394 e. The third-order valence-electron chi connectivity index (χ3n) is 2.51. The molecule has 0 atom stereocenters. The molecule has 0 aromatic carbocycles. The van der Waals surface area contributed by atoms with Gasteiger partial charge in [-0.25, -0.2) is 13.1 Å². The molecule has 15 heavy (non-hydrogen) atoms. The van der Waals surface area contributed by atoms with Gasteiger partial charge in [-0.1, -0.05) is 0 Å². The first kappa shape index (κ1) is 10.4. The smallest absolute Gasteiger partial charge is 0.156 e. The molecule has 1 aromatic rings. The number of nitrogen functional groups attached to an aromatic ring is 1. The number of rotatable bonds is 2. The van der Waals surface area contributed by atoms with Gasteiger partial charge in [0.15, 0.2) is 9.84 Å². The fourth-order valence-corrected chi connectivity index (χ4v) is 3.06. The van der Waals surface area contributed by atoms with Crippen LogP contribution in [0.15, 0.2) is 0 Å². The molecule has 2 heterocycles. The number of hydrogen-bond donors (Lipinski definition) is 2. The van der Waals surface area contributed by atoms with E-state index >= 15 is 0 Å². The lowest BCUT2D eigenvalue weighted by atomic mass is 10.2. The Morgan fingerprint density at radius 3 is 2.93 bits per heavy atom. The number of nitrogens with two attached hydrogens (primary N) is 1. The third-order valence-corrected chi connectivity index (χ3v) is 4.05. The van der Waals surface area contributed by atoms with Crippen molar-refractivity contribution in [3.05, 3.63) is 11.3 Å². The number of anilines is 1. The van der Waals surface area contributed by atoms with Crippen molar-refractivity contribution in [2.45, 2.75) is 18.7 Å². The Balaban J connectivity index is 2.41. The maximum atomic E-state index is 11.4. The summed E-state index contributed by atoms with van der Waals surface area (Å²) in [5.74, 6) is 0.578. The molecule has 0 unspecified atom stereocenters. The van der Waals surface area contributed by atoms with E-state index in [9.17, 15) is 8.42 Å². The summed E-state index contributed by atoms with van der Waals surface area (Å²) in [6.07, 6.45) is 0.426. The molecule has 6 nitrogen and oxygen atoms in total. The van der Waals surface area contributed by atoms with Gasteiger partial charge in [0.05, 0.1) is 30.4 Å². The highest BCUT2D eigenvalue weighted by Gasteiger charge is 2.26. The number of sulfone groups is 1. The summed E-state index contributed by atoms with van der Waals surface area (Å²) in [6, 6.07) is 0. The van der Waals surface area contributed by atoms with Crippen LogP contribution in [0.1, 0.15) is 11.3 Å². The number of aromatic nitrogens is 2. The summed E-state index contributed by atoms with van der Waals surface area (Å²) in [5.41, 5.74) is 7.15. The van der Waals surface area contributed by atoms with Gasteiger partial charge in [0.2, 0.25) is 0 Å². The van der Waals surface area contributed by atoms with Gasteiger partial charge < -0.3 is 10.8 Å². The zero-order valence-electron chi connectivity index (χ0n) is 8.18. The first-order valence-corrected chi connectivity index (χ1v) is 6.51. The molecule has 1 aromatic heterocycles. The zero-order valence-corrected chi connectivity index (χ0v) is 9.00. The molecule has 0 bridgehead atoms. The van der Waals surface area contributed by atoms with Crippen molar-refractivity contribution < 1.29 is 13.5 Å². The van der Waals surface area contributed by atoms with E-state index in [-0.39, 0.29) is 18.1 Å². The van der Waals surface area contributed by atoms with Crippen LogP contribution in [0.25, 0.3) is 0 Å². The fourth-order valence-electron chi connectivity index (χ4n) is 1.76. The van der Waals surface area contributed by atoms with E-state index in [2.05, 4.69) is 5.10 Å². The van der Waals surface area contributed by atoms with Gasteiger partial charge in [0.1, 0.15) is 5.82 Å². The first-order valence-electron chi connectivity index (χ1n) is 4.69. The second-order valence-corrected chi connectivity index (χ2v) is 5.78. The van der Waals surface area contributed by atoms with Crippen molar-refractivity contribution in [2.24, 2.45) is 0 Å². The van der Waals surface area contributed by atoms with Crippen molar-refractivity contribution in [3.63, 3.8) is 0 Å². The van der Waals surface area contributed by atoms with E-state index in [0.29, 0.717) is 24.5 Å². The lowest BCUT2D eigenvalue weighted by Gasteiger charge is -2.10. The van der Waals surface area contributed by atoms with Crippen LogP contribution < -0.4 is 5.73 Å². The maximum absolute atomic E-state index is 11.4. The molecule has 1 aliphatic rings. The van der Waals surface area contributed by atoms with E-state index < -0.39 is 9.84 Å². The molecule has 0 amide bonds. The Morgan fingerprint density at radius 1 is 1.53 bits per heavy atom. The predicted molar refractivity (Wildman–Crippen MR) is 54.9 cm³/mol. The van der Waals surface area contributed by atoms with Crippen LogP contribution >= 0.6 is 0 Å². The second kappa shape index (κ2) is 3.49. The normalized spacial score (nSPS) is 18.7. The van der Waals surface area contributed by atoms with E-state index in [1.165, 1.54) is 4.68 Å². The van der Waals surface area contributed by atoms with E-state index in [1.807, 2.05) is 0 Å². The van der Waals surface area contributed by atoms with Crippen LogP contribution in [-0.2, 0) is 28.6 Å². The second-order valence-electron chi connectivity index (χ2n) is 3.60. The van der Waals surface area contributed by atoms with Gasteiger partial charge in [-0.05, 0) is 6.42 Å². The fraction of sp³-hybridized carbons (Fsp3) is 0.625. The van der Waals surface area contributed by atoms with Crippen LogP contribution in [0, 0.1) is 0 Å². The lowest BCUT2D eigenvalue weighted by molar-refractivity contribution is 0.270. The van der Waals surface area contributed by atoms with Crippen LogP contribution in [0.5, 0.6) is 0 Å². The van der Waals surface area contributed by atoms with Crippen LogP contribution in [0.4, 0.5) is 5.82 Å². The molecule has 2 rings (SSSR count). The number of aliphatic hydroxyl groups excluding tert-OH is 1. The molecule has 0 aliphatic carbocycles. The Labute approximate surface area is 87.6 Å². The highest BCUT2D eigenvalue weighted by molar-refractivity contribution is 7.90. The molecule has 0 saturated carbocycles. The topological polar surface area (TPSA) is 98.2 Å². The van der Waals surface area contributed by atoms with Crippen molar-refractivity contribution in [1.29, 1.82) is 0 Å². The van der Waals surface area contributed by atoms with Gasteiger partial charge >= 0.3 is 0 Å². The molecule has 0 radical (unpaired) electrons. The van der Waals surface area contributed by atoms with Crippen LogP contribution in [-0.4, -0.2) is 35.7 Å². The summed E-state index contributed by atoms with van der Waals surface area (Å²) in [6.45, 7) is 0.246. The van der Waals surface area contributed by atoms with E-state index in [1.54, 1.807) is 0 Å². The summed E-state index contributed by atoms with van der Waals surface area (Å²) in [4.78, 5) is 0. The van der Waals surface area contributed by atoms with Gasteiger partial charge in [-0.15, -0.1) is 0 Å². The number of hydrogen-bond acceptors (Lipinski definition) is 5. The summed E-state index contributed by atoms with van der Waals surface area (Å²) in [7, 11) is -3.01. The average Bonchev–Trinajstić information content (AvgIpc) is 2.42. The van der Waals surface area contributed by atoms with Crippen LogP contribution in [0.3, 0.4) is 0 Å². The molecule has 7 heteroatoms. The SMILES string of the molecule is Nc1c2c(nn1CCO)CS(=O)(=O)CC2. The van der Waals surface area contributed by atoms with Gasteiger partial charge in [-0.2, -0.15) is 5.10 Å². The molecule has 0 fully saturated rings. The molecule has 1 aliphatic heterocycles. The standard InChI is InChI=1S/C8H13N3O3S/c9-8-6-1-4-15(13,14)5-7(6)10-11(8)2-3-12/h12H,1-5,9H2. The minimum absolute atomic E-state index is 0.0367. The highest BCUT2D eigenvalue weighted by atomic mass is 32.2. The minimum atomic E-state index is -3.01. The average molecular weight is 231 g/mol. The van der Waals surface area contributed by atoms with Gasteiger partial charge in [0.25, 0.3) is 0 Å². The summed E-state index contributed by atoms with van der Waals surface area (Å²) >= 11 is 0. The van der Waals surface area contributed by atoms with Crippen molar-refractivity contribution >= 4 is 15.7 Å². The molecule has 84 valence electrons. The number of fused-ring (bicyclic) bond motifs is 1. The van der Waals surface area contributed by atoms with Crippen molar-refractivity contribution in [3.8, 4) is 0 Å². The van der Waals surface area contributed by atoms with Crippen LogP contribution in [0.2, 0.25) is 0 Å². The maximum Gasteiger partial charge on any atom is 0.156 e. The molecular weight excluding hydrogens is 218 g/mol. The van der Waals surface area contributed by atoms with Crippen molar-refractivity contribution in [1.82, 2.24) is 9.78 Å². The quantitative estimate of drug-likeness (QED) is 0.675. The lowest BCUT2D eigenvalue weighted by Crippen LogP contribution is -2.18. The summed E-state index contributed by atoms with van der Waals surface area (Å²) in [5, 5.41) is 12.9. The Bertz CT molecular complexity index is 478. The van der Waals surface area contributed by atoms with Gasteiger partial charge in [-0.3, -0.25) is 0 Å². The predicted octanol–water partition coefficient (Wildman–Crippen LogP) is -1.07. The molecule has 0 spiro atoms. The monoisotopic (exact) mass is 231 g/mol. The Kier molecular flexibility index (Phi) is 2.43. The molecule has 0 saturated heterocycles. The first-order chi connectivity index (χ1) is 7.03. The van der Waals surface area contributed by atoms with E-state index in [4.69, 9.17) is 10.8 Å². The molecular formula is C8H13N3O3S. The van der Waals surface area contributed by atoms with Crippen molar-refractivity contribution in [2.75, 3.05) is 18.1 Å². The summed E-state index contributed by atoms with van der Waals surface area (Å²) < 4.78 is 24.2. The van der Waals surface area contributed by atoms with E-state index in [0.717, 1.165) is 5.56 Å². The Hall–Kier alpha value is -1.08. The molecule has 3 N–H and O–H groups in total. The minimum Gasteiger partial charge on any atom is -0.394 e. The Morgan fingerprint density at radius 2 is 2.27 bits per heavy atom. The van der Waals surface area contributed by atoms with Gasteiger partial charge in [0, 0.05) is 5.56 Å².